The zero-order valence-corrected chi connectivity index (χ0v) is 13.6. The molecule has 1 unspecified atom stereocenters. The molecule has 2 aromatic rings. The number of amides is 1. The van der Waals surface area contributed by atoms with Gasteiger partial charge in [-0.1, -0.05) is 0 Å². The number of hydrogen-bond donors (Lipinski definition) is 1. The first-order chi connectivity index (χ1) is 10.2. The van der Waals surface area contributed by atoms with Gasteiger partial charge in [0.2, 0.25) is 0 Å². The number of carbonyl (C=O) groups is 1. The Bertz CT molecular complexity index is 735. The molecule has 22 heavy (non-hydrogen) atoms. The second-order valence-electron chi connectivity index (χ2n) is 4.72. The number of carboxylic acid groups (broad SMARTS) is 1. The number of halogens is 3. The van der Waals surface area contributed by atoms with Gasteiger partial charge in [0.15, 0.2) is 11.6 Å². The van der Waals surface area contributed by atoms with Gasteiger partial charge in [-0.3, -0.25) is 0 Å². The summed E-state index contributed by atoms with van der Waals surface area (Å²) in [6.07, 6.45) is -1.17. The van der Waals surface area contributed by atoms with Crippen LogP contribution in [-0.4, -0.2) is 37.9 Å². The van der Waals surface area contributed by atoms with Crippen molar-refractivity contribution in [1.29, 1.82) is 0 Å². The first kappa shape index (κ1) is 16.3. The maximum Gasteiger partial charge on any atom is 0.407 e. The van der Waals surface area contributed by atoms with Gasteiger partial charge >= 0.3 is 6.09 Å². The molecule has 1 aromatic carbocycles. The van der Waals surface area contributed by atoms with Gasteiger partial charge in [-0.25, -0.2) is 23.2 Å². The second kappa shape index (κ2) is 5.99. The topological polar surface area (TPSA) is 71.2 Å². The molecule has 0 aliphatic carbocycles. The summed E-state index contributed by atoms with van der Waals surface area (Å²) in [7, 11) is 1.36. The van der Waals surface area contributed by atoms with Gasteiger partial charge in [0.05, 0.1) is 10.5 Å². The summed E-state index contributed by atoms with van der Waals surface area (Å²) in [6, 6.07) is 1.28. The van der Waals surface area contributed by atoms with E-state index in [2.05, 4.69) is 26.0 Å². The van der Waals surface area contributed by atoms with Gasteiger partial charge < -0.3 is 10.0 Å². The van der Waals surface area contributed by atoms with E-state index in [9.17, 15) is 13.6 Å². The first-order valence-corrected chi connectivity index (χ1v) is 7.06. The van der Waals surface area contributed by atoms with Crippen LogP contribution in [0.2, 0.25) is 0 Å². The molecule has 1 heterocycles. The van der Waals surface area contributed by atoms with E-state index in [0.717, 1.165) is 21.7 Å². The van der Waals surface area contributed by atoms with Crippen molar-refractivity contribution < 1.29 is 18.7 Å². The van der Waals surface area contributed by atoms with E-state index in [4.69, 9.17) is 5.11 Å². The molecular weight excluding hydrogens is 362 g/mol. The third kappa shape index (κ3) is 2.94. The number of aromatic nitrogens is 3. The molecule has 0 bridgehead atoms. The Morgan fingerprint density at radius 1 is 1.45 bits per heavy atom. The van der Waals surface area contributed by atoms with Gasteiger partial charge in [-0.2, -0.15) is 5.10 Å². The smallest absolute Gasteiger partial charge is 0.407 e. The highest BCUT2D eigenvalue weighted by Gasteiger charge is 2.25. The minimum atomic E-state index is -1.17. The van der Waals surface area contributed by atoms with E-state index >= 15 is 0 Å². The quantitative estimate of drug-likeness (QED) is 0.836. The van der Waals surface area contributed by atoms with Crippen molar-refractivity contribution in [2.45, 2.75) is 19.9 Å². The molecule has 6 nitrogen and oxygen atoms in total. The molecule has 0 radical (unpaired) electrons. The van der Waals surface area contributed by atoms with Crippen LogP contribution in [0.25, 0.3) is 5.69 Å². The lowest BCUT2D eigenvalue weighted by molar-refractivity contribution is 0.139. The Balaban J connectivity index is 2.61. The summed E-state index contributed by atoms with van der Waals surface area (Å²) >= 11 is 2.93. The molecule has 2 rings (SSSR count). The SMILES string of the molecule is Cc1nc(C(C)N(C)C(=O)O)n(-c2cc(F)cc(Br)c2F)n1. The predicted octanol–water partition coefficient (Wildman–Crippen LogP) is 3.29. The third-order valence-corrected chi connectivity index (χ3v) is 3.77. The van der Waals surface area contributed by atoms with Crippen molar-refractivity contribution in [2.75, 3.05) is 7.05 Å². The number of nitrogens with zero attached hydrogens (tertiary/aromatic N) is 4. The fourth-order valence-corrected chi connectivity index (χ4v) is 2.34. The molecule has 0 aliphatic rings. The lowest BCUT2D eigenvalue weighted by atomic mass is 10.2. The molecule has 9 heteroatoms. The Kier molecular flexibility index (Phi) is 4.45. The van der Waals surface area contributed by atoms with E-state index < -0.39 is 23.8 Å². The zero-order valence-electron chi connectivity index (χ0n) is 12.0. The van der Waals surface area contributed by atoms with Crippen LogP contribution in [0.4, 0.5) is 13.6 Å². The summed E-state index contributed by atoms with van der Waals surface area (Å²) in [4.78, 5) is 16.2. The van der Waals surface area contributed by atoms with Crippen molar-refractivity contribution in [3.63, 3.8) is 0 Å². The molecule has 1 atom stereocenters. The van der Waals surface area contributed by atoms with Crippen LogP contribution >= 0.6 is 15.9 Å². The standard InChI is InChI=1S/C13H13BrF2N4O2/c1-6(19(3)13(21)22)12-17-7(2)18-20(12)10-5-8(15)4-9(14)11(10)16/h4-6H,1-3H3,(H,21,22). The molecule has 0 saturated heterocycles. The lowest BCUT2D eigenvalue weighted by Crippen LogP contribution is -2.30. The van der Waals surface area contributed by atoms with Gasteiger partial charge in [-0.05, 0) is 35.8 Å². The zero-order chi connectivity index (χ0) is 16.6. The van der Waals surface area contributed by atoms with Crippen molar-refractivity contribution in [2.24, 2.45) is 0 Å². The summed E-state index contributed by atoms with van der Waals surface area (Å²) in [5.41, 5.74) is -0.145. The Hall–Kier alpha value is -2.03. The molecule has 0 aliphatic heterocycles. The first-order valence-electron chi connectivity index (χ1n) is 6.26. The van der Waals surface area contributed by atoms with Crippen LogP contribution in [0.15, 0.2) is 16.6 Å². The summed E-state index contributed by atoms with van der Waals surface area (Å²) in [6.45, 7) is 3.17. The Morgan fingerprint density at radius 2 is 2.09 bits per heavy atom. The molecule has 118 valence electrons. The average Bonchev–Trinajstić information content (AvgIpc) is 2.82. The minimum Gasteiger partial charge on any atom is -0.465 e. The van der Waals surface area contributed by atoms with E-state index in [1.54, 1.807) is 13.8 Å². The van der Waals surface area contributed by atoms with Crippen molar-refractivity contribution in [3.8, 4) is 5.69 Å². The van der Waals surface area contributed by atoms with E-state index in [1.807, 2.05) is 0 Å². The molecule has 0 fully saturated rings. The molecular formula is C13H13BrF2N4O2. The normalized spacial score (nSPS) is 12.3. The molecule has 1 N–H and O–H groups in total. The third-order valence-electron chi connectivity index (χ3n) is 3.20. The maximum absolute atomic E-state index is 14.2. The van der Waals surface area contributed by atoms with Crippen LogP contribution in [0.5, 0.6) is 0 Å². The highest BCUT2D eigenvalue weighted by Crippen LogP contribution is 2.27. The van der Waals surface area contributed by atoms with Gasteiger partial charge in [0.1, 0.15) is 17.3 Å². The number of benzene rings is 1. The fourth-order valence-electron chi connectivity index (χ4n) is 1.91. The predicted molar refractivity (Wildman–Crippen MR) is 77.9 cm³/mol. The monoisotopic (exact) mass is 374 g/mol. The van der Waals surface area contributed by atoms with Crippen molar-refractivity contribution in [3.05, 3.63) is 39.9 Å². The van der Waals surface area contributed by atoms with Crippen molar-refractivity contribution in [1.82, 2.24) is 19.7 Å². The summed E-state index contributed by atoms with van der Waals surface area (Å²) < 4.78 is 28.9. The molecule has 1 aromatic heterocycles. The van der Waals surface area contributed by atoms with Crippen LogP contribution in [-0.2, 0) is 0 Å². The summed E-state index contributed by atoms with van der Waals surface area (Å²) in [5.74, 6) is -0.849. The van der Waals surface area contributed by atoms with Crippen LogP contribution < -0.4 is 0 Å². The Labute approximate surface area is 133 Å². The van der Waals surface area contributed by atoms with Crippen LogP contribution in [0.1, 0.15) is 24.6 Å². The lowest BCUT2D eigenvalue weighted by Gasteiger charge is -2.21. The highest BCUT2D eigenvalue weighted by atomic mass is 79.9. The number of hydrogen-bond acceptors (Lipinski definition) is 3. The largest absolute Gasteiger partial charge is 0.465 e. The van der Waals surface area contributed by atoms with Crippen LogP contribution in [0, 0.1) is 18.6 Å². The average molecular weight is 375 g/mol. The number of aryl methyl sites for hydroxylation is 1. The van der Waals surface area contributed by atoms with Crippen molar-refractivity contribution >= 4 is 22.0 Å². The number of rotatable bonds is 3. The van der Waals surface area contributed by atoms with Crippen LogP contribution in [0.3, 0.4) is 0 Å². The Morgan fingerprint density at radius 3 is 2.68 bits per heavy atom. The van der Waals surface area contributed by atoms with Gasteiger partial charge in [0, 0.05) is 13.1 Å². The summed E-state index contributed by atoms with van der Waals surface area (Å²) in [5, 5.41) is 13.1. The molecule has 0 saturated carbocycles. The molecule has 1 amide bonds. The fraction of sp³-hybridized carbons (Fsp3) is 0.308. The van der Waals surface area contributed by atoms with E-state index in [1.165, 1.54) is 7.05 Å². The maximum atomic E-state index is 14.2. The highest BCUT2D eigenvalue weighted by molar-refractivity contribution is 9.10. The van der Waals surface area contributed by atoms with E-state index in [0.29, 0.717) is 5.82 Å². The molecule has 0 spiro atoms. The van der Waals surface area contributed by atoms with E-state index in [-0.39, 0.29) is 16.0 Å². The minimum absolute atomic E-state index is 0.0548. The van der Waals surface area contributed by atoms with Gasteiger partial charge in [0.25, 0.3) is 0 Å². The second-order valence-corrected chi connectivity index (χ2v) is 5.57. The van der Waals surface area contributed by atoms with Gasteiger partial charge in [-0.15, -0.1) is 0 Å².